The third-order valence-electron chi connectivity index (χ3n) is 1.82. The zero-order valence-electron chi connectivity index (χ0n) is 8.24. The van der Waals surface area contributed by atoms with Crippen molar-refractivity contribution < 1.29 is 19.0 Å². The zero-order chi connectivity index (χ0) is 11.3. The first kappa shape index (κ1) is 11.4. The van der Waals surface area contributed by atoms with E-state index in [-0.39, 0.29) is 12.2 Å². The molecule has 0 atom stereocenters. The fraction of sp³-hybridized carbons (Fsp3) is 0.182. The van der Waals surface area contributed by atoms with Gasteiger partial charge in [0.15, 0.2) is 0 Å². The summed E-state index contributed by atoms with van der Waals surface area (Å²) in [5.74, 6) is -1.10. The molecule has 0 aliphatic carbocycles. The lowest BCUT2D eigenvalue weighted by Gasteiger charge is -2.01. The number of rotatable bonds is 3. The van der Waals surface area contributed by atoms with Gasteiger partial charge in [0, 0.05) is 5.56 Å². The first-order valence-electron chi connectivity index (χ1n) is 4.34. The van der Waals surface area contributed by atoms with E-state index in [2.05, 4.69) is 4.74 Å². The van der Waals surface area contributed by atoms with Crippen LogP contribution in [0.25, 0.3) is 6.08 Å². The van der Waals surface area contributed by atoms with Crippen molar-refractivity contribution >= 4 is 12.0 Å². The first-order valence-corrected chi connectivity index (χ1v) is 4.34. The van der Waals surface area contributed by atoms with Crippen LogP contribution in [0, 0.1) is 5.82 Å². The number of carbonyl (C=O) groups excluding carboxylic acids is 1. The van der Waals surface area contributed by atoms with Crippen LogP contribution < -0.4 is 0 Å². The van der Waals surface area contributed by atoms with Crippen molar-refractivity contribution in [3.8, 4) is 0 Å². The molecule has 4 heteroatoms. The van der Waals surface area contributed by atoms with Crippen molar-refractivity contribution in [1.82, 2.24) is 0 Å². The molecular formula is C11H11FO3. The average Bonchev–Trinajstić information content (AvgIpc) is 2.26. The van der Waals surface area contributed by atoms with Gasteiger partial charge in [-0.2, -0.15) is 0 Å². The maximum Gasteiger partial charge on any atom is 0.337 e. The van der Waals surface area contributed by atoms with Gasteiger partial charge in [-0.1, -0.05) is 18.2 Å². The quantitative estimate of drug-likeness (QED) is 0.771. The highest BCUT2D eigenvalue weighted by Gasteiger charge is 2.07. The monoisotopic (exact) mass is 210 g/mol. The molecule has 0 bridgehead atoms. The van der Waals surface area contributed by atoms with E-state index in [4.69, 9.17) is 5.11 Å². The highest BCUT2D eigenvalue weighted by molar-refractivity contribution is 5.89. The van der Waals surface area contributed by atoms with E-state index in [9.17, 15) is 9.18 Å². The lowest BCUT2D eigenvalue weighted by Crippen LogP contribution is -2.01. The van der Waals surface area contributed by atoms with Gasteiger partial charge in [-0.05, 0) is 12.1 Å². The van der Waals surface area contributed by atoms with Gasteiger partial charge >= 0.3 is 5.97 Å². The Labute approximate surface area is 86.8 Å². The summed E-state index contributed by atoms with van der Waals surface area (Å²) in [5.41, 5.74) is 0.479. The number of aliphatic hydroxyl groups excluding tert-OH is 1. The van der Waals surface area contributed by atoms with Gasteiger partial charge in [-0.25, -0.2) is 9.18 Å². The number of benzene rings is 1. The van der Waals surface area contributed by atoms with Gasteiger partial charge in [-0.15, -0.1) is 0 Å². The van der Waals surface area contributed by atoms with Crippen LogP contribution >= 0.6 is 0 Å². The Bertz CT molecular complexity index is 385. The van der Waals surface area contributed by atoms with Crippen LogP contribution in [0.5, 0.6) is 0 Å². The fourth-order valence-corrected chi connectivity index (χ4v) is 1.09. The number of aliphatic hydroxyl groups is 1. The molecule has 3 nitrogen and oxygen atoms in total. The Morgan fingerprint density at radius 2 is 2.33 bits per heavy atom. The fourth-order valence-electron chi connectivity index (χ4n) is 1.09. The van der Waals surface area contributed by atoms with Crippen LogP contribution in [0.1, 0.15) is 15.9 Å². The van der Waals surface area contributed by atoms with Crippen LogP contribution in [0.2, 0.25) is 0 Å². The number of hydrogen-bond acceptors (Lipinski definition) is 3. The highest BCUT2D eigenvalue weighted by Crippen LogP contribution is 2.12. The van der Waals surface area contributed by atoms with E-state index in [0.717, 1.165) is 6.07 Å². The van der Waals surface area contributed by atoms with E-state index in [0.29, 0.717) is 5.56 Å². The summed E-state index contributed by atoms with van der Waals surface area (Å²) in [6.07, 6.45) is 2.85. The molecule has 0 aromatic heterocycles. The van der Waals surface area contributed by atoms with Crippen molar-refractivity contribution in [3.05, 3.63) is 41.2 Å². The van der Waals surface area contributed by atoms with E-state index in [1.54, 1.807) is 0 Å². The second-order valence-electron chi connectivity index (χ2n) is 2.81. The lowest BCUT2D eigenvalue weighted by molar-refractivity contribution is 0.0600. The van der Waals surface area contributed by atoms with Crippen LogP contribution in [-0.4, -0.2) is 24.8 Å². The van der Waals surface area contributed by atoms with Gasteiger partial charge in [0.05, 0.1) is 19.3 Å². The normalized spacial score (nSPS) is 10.6. The summed E-state index contributed by atoms with van der Waals surface area (Å²) in [4.78, 5) is 11.0. The Hall–Kier alpha value is -1.68. The van der Waals surface area contributed by atoms with Crippen LogP contribution in [0.4, 0.5) is 4.39 Å². The summed E-state index contributed by atoms with van der Waals surface area (Å²) in [7, 11) is 1.24. The zero-order valence-corrected chi connectivity index (χ0v) is 8.24. The van der Waals surface area contributed by atoms with Gasteiger partial charge in [0.25, 0.3) is 0 Å². The maximum atomic E-state index is 13.3. The lowest BCUT2D eigenvalue weighted by atomic mass is 10.1. The number of hydrogen-bond donors (Lipinski definition) is 1. The SMILES string of the molecule is COC(=O)c1ccc(C=CCO)c(F)c1. The Morgan fingerprint density at radius 3 is 2.87 bits per heavy atom. The first-order chi connectivity index (χ1) is 7.19. The minimum Gasteiger partial charge on any atom is -0.465 e. The number of esters is 1. The molecule has 80 valence electrons. The largest absolute Gasteiger partial charge is 0.465 e. The van der Waals surface area contributed by atoms with Crippen molar-refractivity contribution in [3.63, 3.8) is 0 Å². The van der Waals surface area contributed by atoms with Crippen LogP contribution in [0.3, 0.4) is 0 Å². The van der Waals surface area contributed by atoms with Gasteiger partial charge in [0.2, 0.25) is 0 Å². The smallest absolute Gasteiger partial charge is 0.337 e. The molecule has 1 aromatic carbocycles. The van der Waals surface area contributed by atoms with E-state index < -0.39 is 11.8 Å². The third-order valence-corrected chi connectivity index (χ3v) is 1.82. The molecule has 0 heterocycles. The molecule has 0 aliphatic rings. The summed E-state index contributed by atoms with van der Waals surface area (Å²) >= 11 is 0. The second kappa shape index (κ2) is 5.26. The minimum atomic E-state index is -0.577. The van der Waals surface area contributed by atoms with Gasteiger partial charge in [0.1, 0.15) is 5.82 Å². The predicted octanol–water partition coefficient (Wildman–Crippen LogP) is 1.62. The Kier molecular flexibility index (Phi) is 4.00. The van der Waals surface area contributed by atoms with Crippen LogP contribution in [0.15, 0.2) is 24.3 Å². The molecule has 1 rings (SSSR count). The molecule has 0 saturated heterocycles. The summed E-state index contributed by atoms with van der Waals surface area (Å²) in [6.45, 7) is -0.155. The molecule has 0 spiro atoms. The molecule has 0 saturated carbocycles. The van der Waals surface area contributed by atoms with E-state index in [1.807, 2.05) is 0 Å². The maximum absolute atomic E-state index is 13.3. The van der Waals surface area contributed by atoms with Crippen molar-refractivity contribution in [1.29, 1.82) is 0 Å². The van der Waals surface area contributed by atoms with Gasteiger partial charge in [-0.3, -0.25) is 0 Å². The molecule has 0 amide bonds. The molecule has 1 aromatic rings. The summed E-state index contributed by atoms with van der Waals surface area (Å²) in [5, 5.41) is 8.52. The molecule has 0 fully saturated rings. The van der Waals surface area contributed by atoms with Crippen molar-refractivity contribution in [2.24, 2.45) is 0 Å². The molecule has 1 N–H and O–H groups in total. The molecule has 0 unspecified atom stereocenters. The van der Waals surface area contributed by atoms with Crippen molar-refractivity contribution in [2.75, 3.05) is 13.7 Å². The standard InChI is InChI=1S/C11H11FO3/c1-15-11(14)9-5-4-8(3-2-6-13)10(12)7-9/h2-5,7,13H,6H2,1H3. The summed E-state index contributed by atoms with van der Waals surface area (Å²) < 4.78 is 17.8. The van der Waals surface area contributed by atoms with E-state index >= 15 is 0 Å². The van der Waals surface area contributed by atoms with Crippen molar-refractivity contribution in [2.45, 2.75) is 0 Å². The molecule has 0 radical (unpaired) electrons. The molecule has 0 aliphatic heterocycles. The van der Waals surface area contributed by atoms with Gasteiger partial charge < -0.3 is 9.84 Å². The molecule has 15 heavy (non-hydrogen) atoms. The summed E-state index contributed by atoms with van der Waals surface area (Å²) in [6, 6.07) is 4.02. The minimum absolute atomic E-state index is 0.155. The number of carbonyl (C=O) groups is 1. The number of methoxy groups -OCH3 is 1. The second-order valence-corrected chi connectivity index (χ2v) is 2.81. The number of halogens is 1. The predicted molar refractivity (Wildman–Crippen MR) is 53.9 cm³/mol. The average molecular weight is 210 g/mol. The van der Waals surface area contributed by atoms with E-state index in [1.165, 1.54) is 31.4 Å². The number of ether oxygens (including phenoxy) is 1. The van der Waals surface area contributed by atoms with Crippen LogP contribution in [-0.2, 0) is 4.74 Å². The molecular weight excluding hydrogens is 199 g/mol. The Morgan fingerprint density at radius 1 is 1.60 bits per heavy atom. The topological polar surface area (TPSA) is 46.5 Å². The highest BCUT2D eigenvalue weighted by atomic mass is 19.1. The Balaban J connectivity index is 2.98. The third kappa shape index (κ3) is 2.89.